The van der Waals surface area contributed by atoms with E-state index in [1.165, 1.54) is 24.0 Å². The molecule has 0 heteroatoms. The van der Waals surface area contributed by atoms with Gasteiger partial charge in [-0.15, -0.1) is 0 Å². The molecule has 0 aliphatic heterocycles. The first-order valence-corrected chi connectivity index (χ1v) is 5.98. The minimum atomic E-state index is 0.643. The van der Waals surface area contributed by atoms with E-state index < -0.39 is 0 Å². The van der Waals surface area contributed by atoms with E-state index in [4.69, 9.17) is 0 Å². The molecule has 0 fully saturated rings. The fourth-order valence-corrected chi connectivity index (χ4v) is 1.98. The molecule has 0 nitrogen and oxygen atoms in total. The summed E-state index contributed by atoms with van der Waals surface area (Å²) in [6.45, 7) is 6.65. The lowest BCUT2D eigenvalue weighted by molar-refractivity contribution is 0.757. The quantitative estimate of drug-likeness (QED) is 0.607. The van der Waals surface area contributed by atoms with Crippen molar-refractivity contribution in [1.29, 1.82) is 0 Å². The zero-order valence-corrected chi connectivity index (χ0v) is 10.2. The number of hydrogen-bond acceptors (Lipinski definition) is 0. The molecule has 0 spiro atoms. The van der Waals surface area contributed by atoms with Crippen LogP contribution in [0.5, 0.6) is 0 Å². The predicted octanol–water partition coefficient (Wildman–Crippen LogP) is 4.71. The van der Waals surface area contributed by atoms with Gasteiger partial charge in [-0.2, -0.15) is 0 Å². The first kappa shape index (κ1) is 12.0. The van der Waals surface area contributed by atoms with Crippen LogP contribution >= 0.6 is 0 Å². The minimum Gasteiger partial charge on any atom is -0.0916 e. The Morgan fingerprint density at radius 1 is 1.27 bits per heavy atom. The summed E-state index contributed by atoms with van der Waals surface area (Å²) in [6, 6.07) is 8.85. The van der Waals surface area contributed by atoms with E-state index in [0.717, 1.165) is 6.42 Å². The molecule has 1 rings (SSSR count). The number of hydrogen-bond donors (Lipinski definition) is 0. The van der Waals surface area contributed by atoms with E-state index >= 15 is 0 Å². The highest BCUT2D eigenvalue weighted by Gasteiger charge is 2.07. The normalized spacial score (nSPS) is 13.3. The third-order valence-corrected chi connectivity index (χ3v) is 2.83. The summed E-state index contributed by atoms with van der Waals surface area (Å²) in [7, 11) is 0. The van der Waals surface area contributed by atoms with Gasteiger partial charge in [0.05, 0.1) is 0 Å². The van der Waals surface area contributed by atoms with Gasteiger partial charge in [-0.3, -0.25) is 0 Å². The average Bonchev–Trinajstić information content (AvgIpc) is 2.27. The van der Waals surface area contributed by atoms with Crippen LogP contribution in [0, 0.1) is 0 Å². The van der Waals surface area contributed by atoms with Crippen LogP contribution in [-0.4, -0.2) is 0 Å². The molecule has 0 saturated carbocycles. The van der Waals surface area contributed by atoms with Crippen LogP contribution < -0.4 is 0 Å². The summed E-state index contributed by atoms with van der Waals surface area (Å²) < 4.78 is 0. The van der Waals surface area contributed by atoms with Gasteiger partial charge in [-0.05, 0) is 36.8 Å². The number of allylic oxidation sites excluding steroid dienone is 2. The molecule has 0 heterocycles. The molecule has 0 aromatic heterocycles. The Bertz CT molecular complexity index is 310. The highest BCUT2D eigenvalue weighted by Crippen LogP contribution is 2.24. The summed E-state index contributed by atoms with van der Waals surface area (Å²) in [4.78, 5) is 0. The Morgan fingerprint density at radius 2 is 2.00 bits per heavy atom. The van der Waals surface area contributed by atoms with Gasteiger partial charge in [0, 0.05) is 0 Å². The van der Waals surface area contributed by atoms with Crippen molar-refractivity contribution in [2.75, 3.05) is 0 Å². The van der Waals surface area contributed by atoms with Crippen LogP contribution in [0.1, 0.15) is 50.7 Å². The van der Waals surface area contributed by atoms with Crippen molar-refractivity contribution >= 4 is 0 Å². The number of benzene rings is 1. The standard InChI is InChI=1S/C15H22/c1-4-6-10-13(3)15-12-8-7-11-14(15)9-5-2/h4,6-8,11-13H,5,9-10H2,1-3H3/b6-4+. The second-order valence-electron chi connectivity index (χ2n) is 4.15. The lowest BCUT2D eigenvalue weighted by Crippen LogP contribution is -1.98. The highest BCUT2D eigenvalue weighted by atomic mass is 14.1. The van der Waals surface area contributed by atoms with Crippen molar-refractivity contribution < 1.29 is 0 Å². The summed E-state index contributed by atoms with van der Waals surface area (Å²) in [5.41, 5.74) is 3.05. The van der Waals surface area contributed by atoms with Crippen molar-refractivity contribution in [3.63, 3.8) is 0 Å². The van der Waals surface area contributed by atoms with Crippen LogP contribution in [0.2, 0.25) is 0 Å². The van der Waals surface area contributed by atoms with Crippen LogP contribution in [-0.2, 0) is 6.42 Å². The SMILES string of the molecule is C/C=C/CC(C)c1ccccc1CCC. The molecule has 0 amide bonds. The molecule has 0 bridgehead atoms. The van der Waals surface area contributed by atoms with Gasteiger partial charge in [0.25, 0.3) is 0 Å². The molecule has 15 heavy (non-hydrogen) atoms. The number of rotatable bonds is 5. The third-order valence-electron chi connectivity index (χ3n) is 2.83. The van der Waals surface area contributed by atoms with Gasteiger partial charge in [0.1, 0.15) is 0 Å². The molecule has 1 aromatic carbocycles. The maximum absolute atomic E-state index is 2.31. The van der Waals surface area contributed by atoms with Crippen molar-refractivity contribution in [3.8, 4) is 0 Å². The highest BCUT2D eigenvalue weighted by molar-refractivity contribution is 5.30. The van der Waals surface area contributed by atoms with Gasteiger partial charge >= 0.3 is 0 Å². The molecule has 0 saturated heterocycles. The van der Waals surface area contributed by atoms with Gasteiger partial charge in [-0.25, -0.2) is 0 Å². The summed E-state index contributed by atoms with van der Waals surface area (Å²) in [6.07, 6.45) is 7.98. The molecule has 82 valence electrons. The molecular formula is C15H22. The largest absolute Gasteiger partial charge is 0.0916 e. The van der Waals surface area contributed by atoms with Crippen LogP contribution in [0.3, 0.4) is 0 Å². The Morgan fingerprint density at radius 3 is 2.67 bits per heavy atom. The fraction of sp³-hybridized carbons (Fsp3) is 0.467. The van der Waals surface area contributed by atoms with E-state index in [1.807, 2.05) is 0 Å². The van der Waals surface area contributed by atoms with E-state index in [1.54, 1.807) is 0 Å². The van der Waals surface area contributed by atoms with Gasteiger partial charge < -0.3 is 0 Å². The van der Waals surface area contributed by atoms with Crippen LogP contribution in [0.25, 0.3) is 0 Å². The molecule has 0 N–H and O–H groups in total. The smallest absolute Gasteiger partial charge is 0.0153 e. The first-order valence-electron chi connectivity index (χ1n) is 5.98. The topological polar surface area (TPSA) is 0 Å². The van der Waals surface area contributed by atoms with Gasteiger partial charge in [0.15, 0.2) is 0 Å². The average molecular weight is 202 g/mol. The van der Waals surface area contributed by atoms with Gasteiger partial charge in [0.2, 0.25) is 0 Å². The second kappa shape index (κ2) is 6.44. The molecule has 1 unspecified atom stereocenters. The lowest BCUT2D eigenvalue weighted by atomic mass is 9.91. The lowest BCUT2D eigenvalue weighted by Gasteiger charge is -2.14. The Balaban J connectivity index is 2.81. The molecular weight excluding hydrogens is 180 g/mol. The second-order valence-corrected chi connectivity index (χ2v) is 4.15. The fourth-order valence-electron chi connectivity index (χ4n) is 1.98. The maximum atomic E-state index is 2.31. The molecule has 1 atom stereocenters. The number of aryl methyl sites for hydroxylation is 1. The Labute approximate surface area is 94.0 Å². The van der Waals surface area contributed by atoms with E-state index in [0.29, 0.717) is 5.92 Å². The van der Waals surface area contributed by atoms with E-state index in [9.17, 15) is 0 Å². The zero-order valence-electron chi connectivity index (χ0n) is 10.2. The third kappa shape index (κ3) is 3.54. The van der Waals surface area contributed by atoms with Crippen LogP contribution in [0.4, 0.5) is 0 Å². The zero-order chi connectivity index (χ0) is 11.1. The van der Waals surface area contributed by atoms with E-state index in [-0.39, 0.29) is 0 Å². The molecule has 0 aliphatic carbocycles. The molecule has 0 aliphatic rings. The van der Waals surface area contributed by atoms with E-state index in [2.05, 4.69) is 57.2 Å². The first-order chi connectivity index (χ1) is 7.29. The Kier molecular flexibility index (Phi) is 5.17. The maximum Gasteiger partial charge on any atom is -0.0153 e. The monoisotopic (exact) mass is 202 g/mol. The van der Waals surface area contributed by atoms with Crippen LogP contribution in [0.15, 0.2) is 36.4 Å². The van der Waals surface area contributed by atoms with Crippen molar-refractivity contribution in [1.82, 2.24) is 0 Å². The predicted molar refractivity (Wildman–Crippen MR) is 68.3 cm³/mol. The Hall–Kier alpha value is -1.04. The summed E-state index contributed by atoms with van der Waals surface area (Å²) in [5, 5.41) is 0. The van der Waals surface area contributed by atoms with Gasteiger partial charge in [-0.1, -0.05) is 56.7 Å². The van der Waals surface area contributed by atoms with Crippen molar-refractivity contribution in [3.05, 3.63) is 47.5 Å². The van der Waals surface area contributed by atoms with Crippen molar-refractivity contribution in [2.24, 2.45) is 0 Å². The summed E-state index contributed by atoms with van der Waals surface area (Å²) >= 11 is 0. The minimum absolute atomic E-state index is 0.643. The van der Waals surface area contributed by atoms with Crippen molar-refractivity contribution in [2.45, 2.75) is 46.0 Å². The molecule has 1 aromatic rings. The summed E-state index contributed by atoms with van der Waals surface area (Å²) in [5.74, 6) is 0.643. The molecule has 0 radical (unpaired) electrons.